The normalized spacial score (nSPS) is 20.4. The fourth-order valence-electron chi connectivity index (χ4n) is 4.03. The van der Waals surface area contributed by atoms with Crippen LogP contribution in [0.3, 0.4) is 0 Å². The van der Waals surface area contributed by atoms with Crippen LogP contribution in [0.2, 0.25) is 0 Å². The van der Waals surface area contributed by atoms with Gasteiger partial charge in [0.25, 0.3) is 0 Å². The number of amides is 1. The number of hydrogen-bond acceptors (Lipinski definition) is 3. The molecule has 0 bridgehead atoms. The van der Waals surface area contributed by atoms with E-state index in [9.17, 15) is 4.79 Å². The second-order valence-electron chi connectivity index (χ2n) is 6.98. The van der Waals surface area contributed by atoms with E-state index in [1.165, 1.54) is 37.7 Å². The van der Waals surface area contributed by atoms with Gasteiger partial charge in [0.2, 0.25) is 5.91 Å². The van der Waals surface area contributed by atoms with Gasteiger partial charge in [0, 0.05) is 30.9 Å². The SMILES string of the molecule is CCc1ccc(NC(=O)CN2CCNCC23CCCCC3)cc1.Cl. The van der Waals surface area contributed by atoms with Crippen molar-refractivity contribution in [3.63, 3.8) is 0 Å². The Morgan fingerprint density at radius 3 is 2.58 bits per heavy atom. The molecule has 1 amide bonds. The lowest BCUT2D eigenvalue weighted by Gasteiger charge is -2.49. The molecule has 2 N–H and O–H groups in total. The zero-order valence-corrected chi connectivity index (χ0v) is 15.5. The second-order valence-corrected chi connectivity index (χ2v) is 6.98. The van der Waals surface area contributed by atoms with Gasteiger partial charge in [0.1, 0.15) is 0 Å². The minimum absolute atomic E-state index is 0. The highest BCUT2D eigenvalue weighted by molar-refractivity contribution is 5.92. The minimum atomic E-state index is 0. The number of aryl methyl sites for hydroxylation is 1. The monoisotopic (exact) mass is 351 g/mol. The Morgan fingerprint density at radius 1 is 1.21 bits per heavy atom. The van der Waals surface area contributed by atoms with Crippen molar-refractivity contribution in [2.75, 3.05) is 31.5 Å². The molecule has 0 unspecified atom stereocenters. The molecule has 1 spiro atoms. The molecule has 0 aromatic heterocycles. The summed E-state index contributed by atoms with van der Waals surface area (Å²) < 4.78 is 0. The van der Waals surface area contributed by atoms with E-state index >= 15 is 0 Å². The summed E-state index contributed by atoms with van der Waals surface area (Å²) >= 11 is 0. The van der Waals surface area contributed by atoms with Gasteiger partial charge >= 0.3 is 0 Å². The number of nitrogens with one attached hydrogen (secondary N) is 2. The fourth-order valence-corrected chi connectivity index (χ4v) is 4.03. The van der Waals surface area contributed by atoms with Gasteiger partial charge in [-0.15, -0.1) is 12.4 Å². The number of benzene rings is 1. The molecule has 1 aromatic carbocycles. The molecule has 1 saturated carbocycles. The molecule has 2 aliphatic rings. The zero-order valence-electron chi connectivity index (χ0n) is 14.6. The highest BCUT2D eigenvalue weighted by atomic mass is 35.5. The molecule has 1 aromatic rings. The highest BCUT2D eigenvalue weighted by Crippen LogP contribution is 2.34. The van der Waals surface area contributed by atoms with Gasteiger partial charge in [-0.2, -0.15) is 0 Å². The van der Waals surface area contributed by atoms with Gasteiger partial charge in [0.15, 0.2) is 0 Å². The summed E-state index contributed by atoms with van der Waals surface area (Å²) in [5.41, 5.74) is 2.41. The quantitative estimate of drug-likeness (QED) is 0.875. The maximum atomic E-state index is 12.5. The van der Waals surface area contributed by atoms with Gasteiger partial charge in [-0.05, 0) is 37.0 Å². The van der Waals surface area contributed by atoms with E-state index in [4.69, 9.17) is 0 Å². The number of carbonyl (C=O) groups excluding carboxylic acids is 1. The fraction of sp³-hybridized carbons (Fsp3) is 0.632. The molecule has 4 nitrogen and oxygen atoms in total. The zero-order chi connectivity index (χ0) is 16.1. The summed E-state index contributed by atoms with van der Waals surface area (Å²) in [6.07, 6.45) is 7.39. The summed E-state index contributed by atoms with van der Waals surface area (Å²) in [7, 11) is 0. The van der Waals surface area contributed by atoms with Crippen LogP contribution in [0.15, 0.2) is 24.3 Å². The summed E-state index contributed by atoms with van der Waals surface area (Å²) in [6, 6.07) is 8.18. The maximum Gasteiger partial charge on any atom is 0.238 e. The third-order valence-electron chi connectivity index (χ3n) is 5.45. The van der Waals surface area contributed by atoms with Gasteiger partial charge in [-0.25, -0.2) is 0 Å². The van der Waals surface area contributed by atoms with Crippen molar-refractivity contribution >= 4 is 24.0 Å². The Hall–Kier alpha value is -1.10. The topological polar surface area (TPSA) is 44.4 Å². The van der Waals surface area contributed by atoms with Gasteiger partial charge in [-0.1, -0.05) is 38.3 Å². The van der Waals surface area contributed by atoms with Crippen molar-refractivity contribution < 1.29 is 4.79 Å². The van der Waals surface area contributed by atoms with Crippen molar-refractivity contribution in [1.82, 2.24) is 10.2 Å². The number of nitrogens with zero attached hydrogens (tertiary/aromatic N) is 1. The van der Waals surface area contributed by atoms with Crippen LogP contribution in [-0.2, 0) is 11.2 Å². The number of hydrogen-bond donors (Lipinski definition) is 2. The standard InChI is InChI=1S/C19H29N3O.ClH/c1-2-16-6-8-17(9-7-16)21-18(23)14-22-13-12-20-15-19(22)10-4-3-5-11-19;/h6-9,20H,2-5,10-15H2,1H3,(H,21,23);1H. The van der Waals surface area contributed by atoms with Crippen molar-refractivity contribution in [3.8, 4) is 0 Å². The van der Waals surface area contributed by atoms with Crippen LogP contribution in [0.4, 0.5) is 5.69 Å². The first-order valence-corrected chi connectivity index (χ1v) is 9.06. The number of anilines is 1. The third kappa shape index (κ3) is 4.50. The predicted molar refractivity (Wildman–Crippen MR) is 102 cm³/mol. The van der Waals surface area contributed by atoms with Gasteiger partial charge in [0.05, 0.1) is 6.54 Å². The summed E-state index contributed by atoms with van der Waals surface area (Å²) in [5, 5.41) is 6.60. The van der Waals surface area contributed by atoms with E-state index < -0.39 is 0 Å². The lowest BCUT2D eigenvalue weighted by molar-refractivity contribution is -0.120. The molecule has 1 aliphatic heterocycles. The van der Waals surface area contributed by atoms with Crippen LogP contribution in [-0.4, -0.2) is 42.5 Å². The Labute approximate surface area is 151 Å². The van der Waals surface area contributed by atoms with Crippen LogP contribution >= 0.6 is 12.4 Å². The number of rotatable bonds is 4. The van der Waals surface area contributed by atoms with Crippen LogP contribution < -0.4 is 10.6 Å². The van der Waals surface area contributed by atoms with Crippen molar-refractivity contribution in [2.45, 2.75) is 51.0 Å². The number of carbonyl (C=O) groups is 1. The average molecular weight is 352 g/mol. The van der Waals surface area contributed by atoms with Gasteiger partial charge in [-0.3, -0.25) is 9.69 Å². The molecule has 3 rings (SSSR count). The van der Waals surface area contributed by atoms with Crippen molar-refractivity contribution in [3.05, 3.63) is 29.8 Å². The molecule has 24 heavy (non-hydrogen) atoms. The maximum absolute atomic E-state index is 12.5. The summed E-state index contributed by atoms with van der Waals surface area (Å²) in [6.45, 7) is 5.65. The first-order chi connectivity index (χ1) is 11.2. The smallest absolute Gasteiger partial charge is 0.238 e. The molecule has 5 heteroatoms. The molecular weight excluding hydrogens is 322 g/mol. The Bertz CT molecular complexity index is 518. The predicted octanol–water partition coefficient (Wildman–Crippen LogP) is 3.22. The molecule has 1 heterocycles. The summed E-state index contributed by atoms with van der Waals surface area (Å²) in [5.74, 6) is 0.112. The molecule has 1 aliphatic carbocycles. The van der Waals surface area contributed by atoms with Crippen LogP contribution in [0.25, 0.3) is 0 Å². The highest BCUT2D eigenvalue weighted by Gasteiger charge is 2.40. The van der Waals surface area contributed by atoms with Crippen LogP contribution in [0.5, 0.6) is 0 Å². The first kappa shape index (κ1) is 19.2. The molecule has 2 fully saturated rings. The van der Waals surface area contributed by atoms with E-state index in [1.54, 1.807) is 0 Å². The van der Waals surface area contributed by atoms with E-state index in [0.29, 0.717) is 6.54 Å². The third-order valence-corrected chi connectivity index (χ3v) is 5.45. The lowest BCUT2D eigenvalue weighted by Crippen LogP contribution is -2.63. The lowest BCUT2D eigenvalue weighted by atomic mass is 9.79. The Morgan fingerprint density at radius 2 is 1.92 bits per heavy atom. The summed E-state index contributed by atoms with van der Waals surface area (Å²) in [4.78, 5) is 14.9. The van der Waals surface area contributed by atoms with Gasteiger partial charge < -0.3 is 10.6 Å². The van der Waals surface area contributed by atoms with Crippen LogP contribution in [0.1, 0.15) is 44.6 Å². The molecular formula is C19H30ClN3O. The molecule has 134 valence electrons. The van der Waals surface area contributed by atoms with Crippen molar-refractivity contribution in [2.24, 2.45) is 0 Å². The van der Waals surface area contributed by atoms with E-state index in [0.717, 1.165) is 31.7 Å². The van der Waals surface area contributed by atoms with E-state index in [-0.39, 0.29) is 23.9 Å². The largest absolute Gasteiger partial charge is 0.325 e. The van der Waals surface area contributed by atoms with E-state index in [1.807, 2.05) is 12.1 Å². The Balaban J connectivity index is 0.00000208. The number of piperazine rings is 1. The average Bonchev–Trinajstić information content (AvgIpc) is 2.59. The molecule has 1 saturated heterocycles. The van der Waals surface area contributed by atoms with Crippen LogP contribution in [0, 0.1) is 0 Å². The first-order valence-electron chi connectivity index (χ1n) is 9.06. The minimum Gasteiger partial charge on any atom is -0.325 e. The van der Waals surface area contributed by atoms with E-state index in [2.05, 4.69) is 34.6 Å². The Kier molecular flexibility index (Phi) is 7.08. The van der Waals surface area contributed by atoms with Crippen molar-refractivity contribution in [1.29, 1.82) is 0 Å². The molecule has 0 radical (unpaired) electrons. The molecule has 0 atom stereocenters. The second kappa shape index (κ2) is 8.84. The number of halogens is 1.